The van der Waals surface area contributed by atoms with Crippen molar-refractivity contribution in [1.82, 2.24) is 20.9 Å². The predicted molar refractivity (Wildman–Crippen MR) is 161 cm³/mol. The Kier molecular flexibility index (Phi) is 13.9. The van der Waals surface area contributed by atoms with Gasteiger partial charge in [0.1, 0.15) is 12.1 Å². The molecule has 0 radical (unpaired) electrons. The number of morpholine rings is 1. The molecule has 4 N–H and O–H groups in total. The topological polar surface area (TPSA) is 146 Å². The zero-order valence-electron chi connectivity index (χ0n) is 24.6. The fraction of sp³-hybridized carbons (Fsp3) is 0.667. The van der Waals surface area contributed by atoms with Crippen LogP contribution >= 0.6 is 12.6 Å². The molecule has 1 aromatic carbocycles. The first-order valence-electron chi connectivity index (χ1n) is 14.9. The minimum Gasteiger partial charge on any atom is -0.461 e. The Hall–Kier alpha value is -2.83. The van der Waals surface area contributed by atoms with Gasteiger partial charge in [0.25, 0.3) is 0 Å². The third-order valence-corrected chi connectivity index (χ3v) is 7.99. The van der Waals surface area contributed by atoms with Gasteiger partial charge in [-0.25, -0.2) is 9.59 Å². The number of nitrogens with zero attached hydrogens (tertiary/aromatic N) is 1. The van der Waals surface area contributed by atoms with Crippen LogP contribution in [0.5, 0.6) is 0 Å². The van der Waals surface area contributed by atoms with Crippen LogP contribution in [0.4, 0.5) is 4.79 Å². The van der Waals surface area contributed by atoms with Crippen LogP contribution in [0.3, 0.4) is 0 Å². The van der Waals surface area contributed by atoms with Gasteiger partial charge in [-0.1, -0.05) is 62.4 Å². The molecule has 0 aromatic heterocycles. The molecule has 0 spiro atoms. The van der Waals surface area contributed by atoms with Crippen molar-refractivity contribution in [2.24, 2.45) is 5.92 Å². The Morgan fingerprint density at radius 2 is 1.62 bits per heavy atom. The summed E-state index contributed by atoms with van der Waals surface area (Å²) in [5.74, 6) is -1.70. The van der Waals surface area contributed by atoms with Crippen LogP contribution < -0.4 is 16.0 Å². The molecule has 42 heavy (non-hydrogen) atoms. The maximum absolute atomic E-state index is 13.5. The van der Waals surface area contributed by atoms with Gasteiger partial charge < -0.3 is 35.4 Å². The first-order chi connectivity index (χ1) is 20.2. The van der Waals surface area contributed by atoms with E-state index in [0.29, 0.717) is 32.7 Å². The zero-order valence-corrected chi connectivity index (χ0v) is 25.5. The number of carbonyl (C=O) groups is 4. The van der Waals surface area contributed by atoms with Crippen LogP contribution in [-0.4, -0.2) is 96.2 Å². The fourth-order valence-corrected chi connectivity index (χ4v) is 5.59. The van der Waals surface area contributed by atoms with E-state index in [1.165, 1.54) is 0 Å². The monoisotopic (exact) mass is 606 g/mol. The number of rotatable bonds is 13. The highest BCUT2D eigenvalue weighted by molar-refractivity contribution is 7.80. The lowest BCUT2D eigenvalue weighted by Gasteiger charge is -2.31. The van der Waals surface area contributed by atoms with Crippen molar-refractivity contribution >= 4 is 36.4 Å². The zero-order chi connectivity index (χ0) is 30.5. The molecule has 1 aliphatic heterocycles. The van der Waals surface area contributed by atoms with Crippen molar-refractivity contribution in [3.05, 3.63) is 35.9 Å². The highest BCUT2D eigenvalue weighted by Crippen LogP contribution is 2.28. The van der Waals surface area contributed by atoms with Gasteiger partial charge in [-0.2, -0.15) is 12.6 Å². The molecule has 1 aromatic rings. The summed E-state index contributed by atoms with van der Waals surface area (Å²) >= 11 is 4.30. The number of hydrogen-bond acceptors (Lipinski definition) is 8. The molecule has 2 aliphatic rings. The largest absolute Gasteiger partial charge is 0.461 e. The summed E-state index contributed by atoms with van der Waals surface area (Å²) in [6, 6.07) is 5.98. The van der Waals surface area contributed by atoms with E-state index < -0.39 is 48.1 Å². The molecule has 4 atom stereocenters. The maximum Gasteiger partial charge on any atom is 0.337 e. The van der Waals surface area contributed by atoms with Crippen LogP contribution in [0, 0.1) is 5.92 Å². The Morgan fingerprint density at radius 1 is 0.976 bits per heavy atom. The number of aliphatic hydroxyl groups is 1. The lowest BCUT2D eigenvalue weighted by Crippen LogP contribution is -2.59. The van der Waals surface area contributed by atoms with Gasteiger partial charge in [-0.3, -0.25) is 9.59 Å². The molecule has 4 amide bonds. The highest BCUT2D eigenvalue weighted by atomic mass is 32.1. The van der Waals surface area contributed by atoms with Crippen LogP contribution in [0.15, 0.2) is 30.3 Å². The van der Waals surface area contributed by atoms with Gasteiger partial charge in [0.15, 0.2) is 6.10 Å². The molecular weight excluding hydrogens is 560 g/mol. The maximum atomic E-state index is 13.5. The summed E-state index contributed by atoms with van der Waals surface area (Å²) in [7, 11) is 0. The summed E-state index contributed by atoms with van der Waals surface area (Å²) in [5.41, 5.74) is 0.839. The molecule has 2 fully saturated rings. The predicted octanol–water partition coefficient (Wildman–Crippen LogP) is 1.82. The van der Waals surface area contributed by atoms with Gasteiger partial charge in [0, 0.05) is 25.3 Å². The number of ether oxygens (including phenoxy) is 2. The normalized spacial score (nSPS) is 18.8. The van der Waals surface area contributed by atoms with E-state index in [1.807, 2.05) is 30.3 Å². The Balaban J connectivity index is 1.71. The van der Waals surface area contributed by atoms with E-state index in [9.17, 15) is 24.3 Å². The van der Waals surface area contributed by atoms with E-state index >= 15 is 0 Å². The van der Waals surface area contributed by atoms with Crippen LogP contribution in [0.2, 0.25) is 0 Å². The van der Waals surface area contributed by atoms with Crippen LogP contribution in [0.1, 0.15) is 57.9 Å². The standard InChI is InChI=1S/C30H46N4O7S/c1-20(2)41-29(38)26(35)23(17-21-9-5-3-6-10-21)31-28(37)25(19-42)32-27(36)24(18-22-11-7-4-8-12-22)33-30(39)34-13-15-40-16-14-34/h4,7-8,11-12,20-21,23-26,35,42H,3,5-6,9-10,13-19H2,1-2H3,(H,31,37)(H,32,36)(H,33,39)/t23-,24-,25-,26+/m0/s1. The van der Waals surface area contributed by atoms with Crippen molar-refractivity contribution in [3.63, 3.8) is 0 Å². The lowest BCUT2D eigenvalue weighted by atomic mass is 9.83. The van der Waals surface area contributed by atoms with Crippen molar-refractivity contribution < 1.29 is 33.8 Å². The number of hydrogen-bond donors (Lipinski definition) is 5. The Bertz CT molecular complexity index is 1020. The number of esters is 1. The summed E-state index contributed by atoms with van der Waals surface area (Å²) in [6.07, 6.45) is 3.84. The number of amides is 4. The van der Waals surface area contributed by atoms with Crippen LogP contribution in [0.25, 0.3) is 0 Å². The smallest absolute Gasteiger partial charge is 0.337 e. The van der Waals surface area contributed by atoms with Gasteiger partial charge >= 0.3 is 12.0 Å². The fourth-order valence-electron chi connectivity index (χ4n) is 5.33. The third kappa shape index (κ3) is 10.8. The van der Waals surface area contributed by atoms with Gasteiger partial charge in [-0.05, 0) is 31.7 Å². The number of aliphatic hydroxyl groups excluding tert-OH is 1. The number of benzene rings is 1. The van der Waals surface area contributed by atoms with Crippen molar-refractivity contribution in [1.29, 1.82) is 0 Å². The molecule has 1 aliphatic carbocycles. The molecule has 3 rings (SSSR count). The summed E-state index contributed by atoms with van der Waals surface area (Å²) in [6.45, 7) is 5.05. The molecule has 12 heteroatoms. The molecule has 1 saturated heterocycles. The molecule has 0 unspecified atom stereocenters. The molecule has 234 valence electrons. The second-order valence-electron chi connectivity index (χ2n) is 11.3. The van der Waals surface area contributed by atoms with Crippen LogP contribution in [-0.2, 0) is 30.3 Å². The first-order valence-corrected chi connectivity index (χ1v) is 15.6. The lowest BCUT2D eigenvalue weighted by molar-refractivity contribution is -0.159. The van der Waals surface area contributed by atoms with Gasteiger partial charge in [0.2, 0.25) is 11.8 Å². The number of thiol groups is 1. The van der Waals surface area contributed by atoms with Crippen molar-refractivity contribution in [2.75, 3.05) is 32.1 Å². The average Bonchev–Trinajstić information content (AvgIpc) is 2.99. The second-order valence-corrected chi connectivity index (χ2v) is 11.7. The Morgan fingerprint density at radius 3 is 2.24 bits per heavy atom. The van der Waals surface area contributed by atoms with E-state index in [-0.39, 0.29) is 24.1 Å². The highest BCUT2D eigenvalue weighted by Gasteiger charge is 2.35. The molecule has 1 heterocycles. The van der Waals surface area contributed by atoms with E-state index in [1.54, 1.807) is 18.7 Å². The summed E-state index contributed by atoms with van der Waals surface area (Å²) < 4.78 is 10.5. The van der Waals surface area contributed by atoms with E-state index in [2.05, 4.69) is 28.6 Å². The third-order valence-electron chi connectivity index (χ3n) is 7.62. The second kappa shape index (κ2) is 17.3. The van der Waals surface area contributed by atoms with E-state index in [0.717, 1.165) is 37.7 Å². The minimum atomic E-state index is -1.55. The number of nitrogens with one attached hydrogen (secondary N) is 3. The number of carbonyl (C=O) groups excluding carboxylic acids is 4. The SMILES string of the molecule is CC(C)OC(=O)[C@H](O)[C@H](CC1CCCCC1)NC(=O)[C@H](CS)NC(=O)[C@H](Cc1ccccc1)NC(=O)N1CCOCC1. The molecule has 11 nitrogen and oxygen atoms in total. The summed E-state index contributed by atoms with van der Waals surface area (Å²) in [4.78, 5) is 54.0. The van der Waals surface area contributed by atoms with E-state index in [4.69, 9.17) is 9.47 Å². The molecular formula is C30H46N4O7S. The summed E-state index contributed by atoms with van der Waals surface area (Å²) in [5, 5.41) is 19.2. The average molecular weight is 607 g/mol. The minimum absolute atomic E-state index is 0.0320. The molecule has 1 saturated carbocycles. The molecule has 0 bridgehead atoms. The van der Waals surface area contributed by atoms with Gasteiger partial charge in [0.05, 0.1) is 25.4 Å². The Labute approximate surface area is 253 Å². The first kappa shape index (κ1) is 33.7. The van der Waals surface area contributed by atoms with Crippen molar-refractivity contribution in [2.45, 2.75) is 89.1 Å². The number of urea groups is 1. The van der Waals surface area contributed by atoms with Crippen molar-refractivity contribution in [3.8, 4) is 0 Å². The quantitative estimate of drug-likeness (QED) is 0.170. The van der Waals surface area contributed by atoms with Gasteiger partial charge in [-0.15, -0.1) is 0 Å².